The van der Waals surface area contributed by atoms with E-state index in [1.165, 1.54) is 14.2 Å². The maximum atomic E-state index is 13.0. The van der Waals surface area contributed by atoms with E-state index in [2.05, 4.69) is 34.7 Å². The largest absolute Gasteiger partial charge is 0.496 e. The summed E-state index contributed by atoms with van der Waals surface area (Å²) in [6.45, 7) is 7.07. The second-order valence-corrected chi connectivity index (χ2v) is 8.39. The van der Waals surface area contributed by atoms with Gasteiger partial charge in [0.1, 0.15) is 11.5 Å². The number of nitrogens with zero attached hydrogens (tertiary/aromatic N) is 1. The van der Waals surface area contributed by atoms with Gasteiger partial charge in [0.25, 0.3) is 17.7 Å². The molecule has 0 aliphatic carbocycles. The van der Waals surface area contributed by atoms with Gasteiger partial charge in [0.15, 0.2) is 0 Å². The van der Waals surface area contributed by atoms with E-state index in [1.807, 2.05) is 0 Å². The molecule has 0 unspecified atom stereocenters. The number of benzene rings is 3. The van der Waals surface area contributed by atoms with E-state index in [4.69, 9.17) is 9.47 Å². The van der Waals surface area contributed by atoms with Gasteiger partial charge in [0.2, 0.25) is 0 Å². The van der Waals surface area contributed by atoms with Gasteiger partial charge in [-0.25, -0.2) is 0 Å². The van der Waals surface area contributed by atoms with E-state index in [1.54, 1.807) is 66.7 Å². The number of amides is 3. The van der Waals surface area contributed by atoms with Crippen LogP contribution in [0.3, 0.4) is 0 Å². The number of ether oxygens (including phenoxy) is 2. The van der Waals surface area contributed by atoms with Gasteiger partial charge in [0, 0.05) is 30.0 Å². The fourth-order valence-corrected chi connectivity index (χ4v) is 3.93. The van der Waals surface area contributed by atoms with Crippen LogP contribution < -0.4 is 25.4 Å². The molecule has 0 radical (unpaired) electrons. The topological polar surface area (TPSA) is 109 Å². The number of carbonyl (C=O) groups is 3. The van der Waals surface area contributed by atoms with E-state index in [0.29, 0.717) is 47.1 Å². The van der Waals surface area contributed by atoms with Crippen LogP contribution in [0.4, 0.5) is 11.4 Å². The molecule has 0 aliphatic heterocycles. The highest BCUT2D eigenvalue weighted by atomic mass is 16.5. The van der Waals surface area contributed by atoms with E-state index >= 15 is 0 Å². The lowest BCUT2D eigenvalue weighted by molar-refractivity contribution is 0.0946. The number of methoxy groups -OCH3 is 2. The number of nitrogens with one attached hydrogen (secondary N) is 3. The van der Waals surface area contributed by atoms with Crippen LogP contribution in [0.25, 0.3) is 0 Å². The lowest BCUT2D eigenvalue weighted by Crippen LogP contribution is -2.34. The van der Waals surface area contributed by atoms with Crippen molar-refractivity contribution in [3.63, 3.8) is 0 Å². The maximum Gasteiger partial charge on any atom is 0.259 e. The third kappa shape index (κ3) is 7.33. The first kappa shape index (κ1) is 28.2. The minimum absolute atomic E-state index is 0.290. The van der Waals surface area contributed by atoms with Gasteiger partial charge in [-0.05, 0) is 55.6 Å². The van der Waals surface area contributed by atoms with Crippen LogP contribution in [0, 0.1) is 0 Å². The summed E-state index contributed by atoms with van der Waals surface area (Å²) < 4.78 is 10.6. The molecule has 0 saturated carbocycles. The van der Waals surface area contributed by atoms with Crippen LogP contribution in [0.15, 0.2) is 66.7 Å². The molecular weight excluding hydrogens is 484 g/mol. The van der Waals surface area contributed by atoms with Crippen LogP contribution in [0.1, 0.15) is 44.9 Å². The molecule has 38 heavy (non-hydrogen) atoms. The third-order valence-electron chi connectivity index (χ3n) is 6.02. The summed E-state index contributed by atoms with van der Waals surface area (Å²) in [6, 6.07) is 18.4. The zero-order valence-corrected chi connectivity index (χ0v) is 22.2. The first-order valence-corrected chi connectivity index (χ1v) is 12.4. The molecule has 3 rings (SSSR count). The Hall–Kier alpha value is -4.37. The standard InChI is InChI=1S/C29H34N4O5/c1-5-33(6-2)16-15-30-27(34)20-17-21(31-28(35)23-11-7-9-13-25(23)37-3)19-22(18-20)32-29(36)24-12-8-10-14-26(24)38-4/h7-14,17-19H,5-6,15-16H2,1-4H3,(H,30,34)(H,31,35)(H,32,36). The Morgan fingerprint density at radius 1 is 0.711 bits per heavy atom. The van der Waals surface area contributed by atoms with Gasteiger partial charge in [-0.3, -0.25) is 14.4 Å². The Morgan fingerprint density at radius 3 is 1.63 bits per heavy atom. The molecule has 0 aliphatic rings. The average Bonchev–Trinajstić information content (AvgIpc) is 2.94. The summed E-state index contributed by atoms with van der Waals surface area (Å²) in [6.07, 6.45) is 0. The Balaban J connectivity index is 1.88. The number of likely N-dealkylation sites (N-methyl/N-ethyl adjacent to an activating group) is 1. The molecule has 0 bridgehead atoms. The van der Waals surface area contributed by atoms with Crippen molar-refractivity contribution in [1.82, 2.24) is 10.2 Å². The summed E-state index contributed by atoms with van der Waals surface area (Å²) in [5.41, 5.74) is 1.64. The molecule has 3 amide bonds. The monoisotopic (exact) mass is 518 g/mol. The molecule has 3 N–H and O–H groups in total. The fraction of sp³-hybridized carbons (Fsp3) is 0.276. The third-order valence-corrected chi connectivity index (χ3v) is 6.02. The highest BCUT2D eigenvalue weighted by Crippen LogP contribution is 2.25. The Kier molecular flexibility index (Phi) is 10.2. The van der Waals surface area contributed by atoms with E-state index in [-0.39, 0.29) is 11.5 Å². The second kappa shape index (κ2) is 13.8. The normalized spacial score (nSPS) is 10.6. The summed E-state index contributed by atoms with van der Waals surface area (Å²) in [4.78, 5) is 41.3. The average molecular weight is 519 g/mol. The molecule has 0 heterocycles. The predicted octanol–water partition coefficient (Wildman–Crippen LogP) is 4.28. The molecule has 0 fully saturated rings. The molecule has 0 saturated heterocycles. The zero-order chi connectivity index (χ0) is 27.5. The van der Waals surface area contributed by atoms with Gasteiger partial charge >= 0.3 is 0 Å². The molecule has 3 aromatic carbocycles. The molecule has 0 aromatic heterocycles. The van der Waals surface area contributed by atoms with Crippen molar-refractivity contribution in [1.29, 1.82) is 0 Å². The van der Waals surface area contributed by atoms with E-state index in [0.717, 1.165) is 13.1 Å². The smallest absolute Gasteiger partial charge is 0.259 e. The fourth-order valence-electron chi connectivity index (χ4n) is 3.93. The molecule has 0 atom stereocenters. The number of hydrogen-bond acceptors (Lipinski definition) is 6. The number of anilines is 2. The summed E-state index contributed by atoms with van der Waals surface area (Å²) in [5, 5.41) is 8.54. The number of para-hydroxylation sites is 2. The number of hydrogen-bond donors (Lipinski definition) is 3. The van der Waals surface area contributed by atoms with Gasteiger partial charge < -0.3 is 30.3 Å². The zero-order valence-electron chi connectivity index (χ0n) is 22.2. The Morgan fingerprint density at radius 2 is 1.18 bits per heavy atom. The van der Waals surface area contributed by atoms with Crippen molar-refractivity contribution >= 4 is 29.1 Å². The van der Waals surface area contributed by atoms with Crippen molar-refractivity contribution < 1.29 is 23.9 Å². The molecule has 200 valence electrons. The minimum Gasteiger partial charge on any atom is -0.496 e. The number of rotatable bonds is 12. The summed E-state index contributed by atoms with van der Waals surface area (Å²) >= 11 is 0. The van der Waals surface area contributed by atoms with Crippen molar-refractivity contribution in [3.8, 4) is 11.5 Å². The molecule has 9 heteroatoms. The van der Waals surface area contributed by atoms with Crippen molar-refractivity contribution in [2.75, 3.05) is 51.0 Å². The van der Waals surface area contributed by atoms with E-state index < -0.39 is 11.8 Å². The van der Waals surface area contributed by atoms with Crippen molar-refractivity contribution in [2.24, 2.45) is 0 Å². The Labute approximate surface area is 223 Å². The second-order valence-electron chi connectivity index (χ2n) is 8.39. The van der Waals surface area contributed by atoms with Crippen molar-refractivity contribution in [2.45, 2.75) is 13.8 Å². The lowest BCUT2D eigenvalue weighted by atomic mass is 10.1. The van der Waals surface area contributed by atoms with Crippen molar-refractivity contribution in [3.05, 3.63) is 83.4 Å². The van der Waals surface area contributed by atoms with Crippen LogP contribution in [-0.4, -0.2) is 63.0 Å². The maximum absolute atomic E-state index is 13.0. The van der Waals surface area contributed by atoms with Crippen LogP contribution in [0.5, 0.6) is 11.5 Å². The highest BCUT2D eigenvalue weighted by Gasteiger charge is 2.17. The van der Waals surface area contributed by atoms with Gasteiger partial charge in [-0.15, -0.1) is 0 Å². The number of carbonyl (C=O) groups excluding carboxylic acids is 3. The highest BCUT2D eigenvalue weighted by molar-refractivity contribution is 6.09. The summed E-state index contributed by atoms with van der Waals surface area (Å²) in [5.74, 6) is -0.314. The van der Waals surface area contributed by atoms with Crippen LogP contribution >= 0.6 is 0 Å². The Bertz CT molecular complexity index is 1190. The first-order chi connectivity index (χ1) is 18.4. The SMILES string of the molecule is CCN(CC)CCNC(=O)c1cc(NC(=O)c2ccccc2OC)cc(NC(=O)c2ccccc2OC)c1. The minimum atomic E-state index is -0.413. The van der Waals surface area contributed by atoms with Gasteiger partial charge in [-0.1, -0.05) is 38.1 Å². The lowest BCUT2D eigenvalue weighted by Gasteiger charge is -2.18. The van der Waals surface area contributed by atoms with Gasteiger partial charge in [0.05, 0.1) is 25.3 Å². The summed E-state index contributed by atoms with van der Waals surface area (Å²) in [7, 11) is 2.97. The molecular formula is C29H34N4O5. The van der Waals surface area contributed by atoms with Crippen LogP contribution in [-0.2, 0) is 0 Å². The van der Waals surface area contributed by atoms with E-state index in [9.17, 15) is 14.4 Å². The molecule has 0 spiro atoms. The van der Waals surface area contributed by atoms with Gasteiger partial charge in [-0.2, -0.15) is 0 Å². The molecule has 9 nitrogen and oxygen atoms in total. The van der Waals surface area contributed by atoms with Crippen LogP contribution in [0.2, 0.25) is 0 Å². The molecule has 3 aromatic rings. The quantitative estimate of drug-likeness (QED) is 0.330. The predicted molar refractivity (Wildman–Crippen MR) is 148 cm³/mol. The first-order valence-electron chi connectivity index (χ1n) is 12.4.